The summed E-state index contributed by atoms with van der Waals surface area (Å²) in [5.74, 6) is -0.855. The van der Waals surface area contributed by atoms with Gasteiger partial charge in [0.15, 0.2) is 6.10 Å². The quantitative estimate of drug-likeness (QED) is 0.0262. The van der Waals surface area contributed by atoms with Crippen LogP contribution in [0.4, 0.5) is 0 Å². The van der Waals surface area contributed by atoms with Gasteiger partial charge in [0.2, 0.25) is 0 Å². The summed E-state index contributed by atoms with van der Waals surface area (Å²) < 4.78 is 16.9. The van der Waals surface area contributed by atoms with Crippen LogP contribution in [0.5, 0.6) is 0 Å². The lowest BCUT2D eigenvalue weighted by molar-refractivity contribution is -0.167. The lowest BCUT2D eigenvalue weighted by Gasteiger charge is -2.18. The first-order valence-corrected chi connectivity index (χ1v) is 30.0. The second-order valence-electron chi connectivity index (χ2n) is 20.3. The van der Waals surface area contributed by atoms with Crippen LogP contribution in [0.1, 0.15) is 323 Å². The lowest BCUT2D eigenvalue weighted by atomic mass is 10.0. The minimum atomic E-state index is -0.768. The summed E-state index contributed by atoms with van der Waals surface area (Å²) >= 11 is 0. The third-order valence-electron chi connectivity index (χ3n) is 13.4. The van der Waals surface area contributed by atoms with Crippen molar-refractivity contribution in [2.75, 3.05) is 13.2 Å². The first-order chi connectivity index (χ1) is 33.5. The molecule has 0 aliphatic rings. The van der Waals surface area contributed by atoms with Crippen molar-refractivity contribution in [3.05, 3.63) is 36.5 Å². The zero-order chi connectivity index (χ0) is 49.3. The highest BCUT2D eigenvalue weighted by Crippen LogP contribution is 2.17. The molecule has 0 aromatic heterocycles. The molecule has 1 unspecified atom stereocenters. The molecule has 0 fully saturated rings. The van der Waals surface area contributed by atoms with Gasteiger partial charge in [0.05, 0.1) is 0 Å². The van der Waals surface area contributed by atoms with Crippen LogP contribution in [0.2, 0.25) is 0 Å². The molecule has 0 radical (unpaired) electrons. The Bertz CT molecular complexity index is 1140. The van der Waals surface area contributed by atoms with Gasteiger partial charge in [-0.2, -0.15) is 0 Å². The molecule has 0 aliphatic heterocycles. The number of allylic oxidation sites excluding steroid dienone is 6. The summed E-state index contributed by atoms with van der Waals surface area (Å²) in [6.07, 6.45) is 68.6. The Morgan fingerprint density at radius 1 is 0.294 bits per heavy atom. The van der Waals surface area contributed by atoms with E-state index in [1.807, 2.05) is 0 Å². The van der Waals surface area contributed by atoms with Crippen molar-refractivity contribution in [2.45, 2.75) is 329 Å². The predicted octanol–water partition coefficient (Wildman–Crippen LogP) is 20.0. The molecule has 0 heterocycles. The lowest BCUT2D eigenvalue weighted by Crippen LogP contribution is -2.30. The molecular formula is C62H114O6. The fraction of sp³-hybridized carbons (Fsp3) is 0.855. The largest absolute Gasteiger partial charge is 0.462 e. The van der Waals surface area contributed by atoms with Gasteiger partial charge < -0.3 is 14.2 Å². The van der Waals surface area contributed by atoms with E-state index in [1.54, 1.807) is 0 Å². The Balaban J connectivity index is 4.21. The highest BCUT2D eigenvalue weighted by molar-refractivity contribution is 5.71. The van der Waals surface area contributed by atoms with Crippen molar-refractivity contribution in [1.82, 2.24) is 0 Å². The number of hydrogen-bond donors (Lipinski definition) is 0. The zero-order valence-corrected chi connectivity index (χ0v) is 45.6. The number of hydrogen-bond acceptors (Lipinski definition) is 6. The predicted molar refractivity (Wildman–Crippen MR) is 293 cm³/mol. The van der Waals surface area contributed by atoms with Gasteiger partial charge in [-0.25, -0.2) is 0 Å². The summed E-state index contributed by atoms with van der Waals surface area (Å²) in [6, 6.07) is 0. The first kappa shape index (κ1) is 65.6. The van der Waals surface area contributed by atoms with E-state index in [1.165, 1.54) is 212 Å². The van der Waals surface area contributed by atoms with E-state index < -0.39 is 6.10 Å². The molecule has 0 rings (SSSR count). The third kappa shape index (κ3) is 54.6. The van der Waals surface area contributed by atoms with Crippen molar-refractivity contribution < 1.29 is 28.6 Å². The van der Waals surface area contributed by atoms with Gasteiger partial charge in [0, 0.05) is 19.3 Å². The highest BCUT2D eigenvalue weighted by atomic mass is 16.6. The Morgan fingerprint density at radius 3 is 0.824 bits per heavy atom. The maximum atomic E-state index is 12.8. The molecule has 398 valence electrons. The molecule has 1 atom stereocenters. The summed E-state index contributed by atoms with van der Waals surface area (Å²) in [5, 5.41) is 0. The van der Waals surface area contributed by atoms with Crippen LogP contribution < -0.4 is 0 Å². The van der Waals surface area contributed by atoms with Crippen LogP contribution >= 0.6 is 0 Å². The number of carbonyl (C=O) groups is 3. The molecule has 6 heteroatoms. The molecule has 0 bridgehead atoms. The normalized spacial score (nSPS) is 12.2. The fourth-order valence-electron chi connectivity index (χ4n) is 8.86. The number of carbonyl (C=O) groups excluding carboxylic acids is 3. The van der Waals surface area contributed by atoms with Crippen LogP contribution in [0, 0.1) is 0 Å². The van der Waals surface area contributed by atoms with E-state index >= 15 is 0 Å². The van der Waals surface area contributed by atoms with Crippen molar-refractivity contribution in [2.24, 2.45) is 0 Å². The first-order valence-electron chi connectivity index (χ1n) is 30.0. The Hall–Kier alpha value is -2.37. The Labute approximate surface area is 423 Å². The van der Waals surface area contributed by atoms with Crippen LogP contribution in [-0.2, 0) is 28.6 Å². The fourth-order valence-corrected chi connectivity index (χ4v) is 8.86. The van der Waals surface area contributed by atoms with Gasteiger partial charge in [-0.15, -0.1) is 0 Å². The molecule has 0 aromatic rings. The standard InChI is InChI=1S/C62H114O6/c1-4-7-10-13-16-19-22-24-26-27-28-29-30-31-32-33-34-35-37-38-40-43-46-49-52-55-61(64)67-58-59(57-66-60(63)54-51-48-45-42-21-18-15-12-9-6-3)68-62(65)56-53-50-47-44-41-39-36-25-23-20-17-14-11-8-5-2/h22,24,27-28,30-31,59H,4-21,23,25-26,29,32-58H2,1-3H3/b24-22-,28-27-,31-30-. The molecule has 0 aromatic carbocycles. The van der Waals surface area contributed by atoms with Crippen molar-refractivity contribution in [3.8, 4) is 0 Å². The number of ether oxygens (including phenoxy) is 3. The average Bonchev–Trinajstić information content (AvgIpc) is 3.34. The van der Waals surface area contributed by atoms with E-state index in [9.17, 15) is 14.4 Å². The second kappa shape index (κ2) is 57.2. The van der Waals surface area contributed by atoms with Crippen LogP contribution in [0.15, 0.2) is 36.5 Å². The molecule has 0 spiro atoms. The van der Waals surface area contributed by atoms with Gasteiger partial charge in [0.1, 0.15) is 13.2 Å². The van der Waals surface area contributed by atoms with E-state index in [0.717, 1.165) is 70.6 Å². The topological polar surface area (TPSA) is 78.9 Å². The molecule has 0 aliphatic carbocycles. The van der Waals surface area contributed by atoms with E-state index in [4.69, 9.17) is 14.2 Å². The van der Waals surface area contributed by atoms with Crippen LogP contribution in [0.3, 0.4) is 0 Å². The molecule has 0 saturated heterocycles. The van der Waals surface area contributed by atoms with Crippen LogP contribution in [0.25, 0.3) is 0 Å². The molecular weight excluding hydrogens is 841 g/mol. The Morgan fingerprint density at radius 2 is 0.529 bits per heavy atom. The van der Waals surface area contributed by atoms with Gasteiger partial charge in [-0.3, -0.25) is 14.4 Å². The smallest absolute Gasteiger partial charge is 0.306 e. The minimum Gasteiger partial charge on any atom is -0.462 e. The molecule has 0 N–H and O–H groups in total. The van der Waals surface area contributed by atoms with Gasteiger partial charge in [-0.1, -0.05) is 282 Å². The molecule has 0 saturated carbocycles. The molecule has 68 heavy (non-hydrogen) atoms. The maximum absolute atomic E-state index is 12.8. The van der Waals surface area contributed by atoms with Crippen LogP contribution in [-0.4, -0.2) is 37.2 Å². The van der Waals surface area contributed by atoms with Crippen molar-refractivity contribution in [3.63, 3.8) is 0 Å². The SMILES string of the molecule is CCCCCCC/C=C\C/C=C\C/C=C\CCCCCCCCCCCCC(=O)OCC(COC(=O)CCCCCCCCCCCC)OC(=O)CCCCCCCCCCCCCCCCC. The third-order valence-corrected chi connectivity index (χ3v) is 13.4. The maximum Gasteiger partial charge on any atom is 0.306 e. The van der Waals surface area contributed by atoms with E-state index in [2.05, 4.69) is 57.2 Å². The van der Waals surface area contributed by atoms with Gasteiger partial charge in [-0.05, 0) is 57.8 Å². The van der Waals surface area contributed by atoms with E-state index in [0.29, 0.717) is 19.3 Å². The zero-order valence-electron chi connectivity index (χ0n) is 45.6. The van der Waals surface area contributed by atoms with Crippen molar-refractivity contribution in [1.29, 1.82) is 0 Å². The van der Waals surface area contributed by atoms with Crippen molar-refractivity contribution >= 4 is 17.9 Å². The summed E-state index contributed by atoms with van der Waals surface area (Å²) in [7, 11) is 0. The molecule has 6 nitrogen and oxygen atoms in total. The Kier molecular flexibility index (Phi) is 55.2. The van der Waals surface area contributed by atoms with Gasteiger partial charge >= 0.3 is 17.9 Å². The summed E-state index contributed by atoms with van der Waals surface area (Å²) in [6.45, 7) is 6.66. The summed E-state index contributed by atoms with van der Waals surface area (Å²) in [5.41, 5.74) is 0. The monoisotopic (exact) mass is 955 g/mol. The second-order valence-corrected chi connectivity index (χ2v) is 20.3. The number of unbranched alkanes of at least 4 members (excludes halogenated alkanes) is 38. The highest BCUT2D eigenvalue weighted by Gasteiger charge is 2.19. The van der Waals surface area contributed by atoms with E-state index in [-0.39, 0.29) is 31.1 Å². The average molecular weight is 956 g/mol. The minimum absolute atomic E-state index is 0.0683. The number of rotatable bonds is 55. The summed E-state index contributed by atoms with van der Waals surface area (Å²) in [4.78, 5) is 38.1. The van der Waals surface area contributed by atoms with Gasteiger partial charge in [0.25, 0.3) is 0 Å². The molecule has 0 amide bonds. The number of esters is 3.